The van der Waals surface area contributed by atoms with Gasteiger partial charge in [0.2, 0.25) is 21.8 Å². The molecule has 1 N–H and O–H groups in total. The van der Waals surface area contributed by atoms with Crippen LogP contribution >= 0.6 is 46.4 Å². The monoisotopic (exact) mass is 629 g/mol. The number of amides is 2. The van der Waals surface area contributed by atoms with Gasteiger partial charge in [0.1, 0.15) is 12.6 Å². The van der Waals surface area contributed by atoms with Crippen LogP contribution in [0.5, 0.6) is 0 Å². The molecule has 0 fully saturated rings. The molecule has 0 unspecified atom stereocenters. The van der Waals surface area contributed by atoms with Crippen LogP contribution in [-0.2, 0) is 32.6 Å². The molecule has 0 saturated carbocycles. The van der Waals surface area contributed by atoms with Crippen molar-refractivity contribution in [2.75, 3.05) is 23.7 Å². The summed E-state index contributed by atoms with van der Waals surface area (Å²) < 4.78 is 26.6. The molecule has 0 aliphatic carbocycles. The summed E-state index contributed by atoms with van der Waals surface area (Å²) in [6.07, 6.45) is 1.12. The molecule has 1 atom stereocenters. The second kappa shape index (κ2) is 13.7. The maximum absolute atomic E-state index is 14.0. The summed E-state index contributed by atoms with van der Waals surface area (Å²) in [5, 5.41) is 3.70. The van der Waals surface area contributed by atoms with Crippen molar-refractivity contribution >= 4 is 73.9 Å². The fraction of sp³-hybridized carbons (Fsp3) is 0.259. The molecule has 39 heavy (non-hydrogen) atoms. The van der Waals surface area contributed by atoms with Gasteiger partial charge in [0.05, 0.1) is 17.0 Å². The Morgan fingerprint density at radius 1 is 0.897 bits per heavy atom. The smallest absolute Gasteiger partial charge is 0.244 e. The van der Waals surface area contributed by atoms with Gasteiger partial charge in [-0.1, -0.05) is 82.8 Å². The number of carbonyl (C=O) groups is 2. The van der Waals surface area contributed by atoms with Gasteiger partial charge in [0, 0.05) is 40.1 Å². The topological polar surface area (TPSA) is 86.8 Å². The third-order valence-electron chi connectivity index (χ3n) is 5.87. The van der Waals surface area contributed by atoms with Crippen molar-refractivity contribution < 1.29 is 18.0 Å². The highest BCUT2D eigenvalue weighted by Gasteiger charge is 2.34. The number of anilines is 1. The van der Waals surface area contributed by atoms with E-state index in [-0.39, 0.29) is 28.7 Å². The fourth-order valence-electron chi connectivity index (χ4n) is 3.97. The van der Waals surface area contributed by atoms with Gasteiger partial charge in [-0.15, -0.1) is 0 Å². The lowest BCUT2D eigenvalue weighted by atomic mass is 10.0. The van der Waals surface area contributed by atoms with E-state index in [2.05, 4.69) is 5.32 Å². The Kier molecular flexibility index (Phi) is 10.9. The van der Waals surface area contributed by atoms with Crippen LogP contribution in [0.1, 0.15) is 18.1 Å². The Balaban J connectivity index is 2.11. The van der Waals surface area contributed by atoms with Crippen LogP contribution in [0.25, 0.3) is 0 Å². The lowest BCUT2D eigenvalue weighted by molar-refractivity contribution is -0.140. The predicted molar refractivity (Wildman–Crippen MR) is 158 cm³/mol. The molecule has 7 nitrogen and oxygen atoms in total. The number of nitrogens with one attached hydrogen (secondary N) is 1. The molecule has 2 amide bonds. The van der Waals surface area contributed by atoms with E-state index in [0.717, 1.165) is 16.1 Å². The zero-order valence-electron chi connectivity index (χ0n) is 21.2. The highest BCUT2D eigenvalue weighted by Crippen LogP contribution is 2.32. The molecular formula is C27H27Cl4N3O4S. The number of halogens is 4. The summed E-state index contributed by atoms with van der Waals surface area (Å²) in [6.45, 7) is 1.30. The number of rotatable bonds is 11. The number of nitrogens with zero attached hydrogens (tertiary/aromatic N) is 2. The van der Waals surface area contributed by atoms with Gasteiger partial charge in [-0.25, -0.2) is 8.42 Å². The summed E-state index contributed by atoms with van der Waals surface area (Å²) >= 11 is 25.3. The molecule has 3 aromatic rings. The van der Waals surface area contributed by atoms with E-state index in [4.69, 9.17) is 46.4 Å². The average molecular weight is 631 g/mol. The number of sulfonamides is 1. The molecule has 208 valence electrons. The van der Waals surface area contributed by atoms with Crippen molar-refractivity contribution in [3.05, 3.63) is 97.9 Å². The van der Waals surface area contributed by atoms with Crippen molar-refractivity contribution in [3.63, 3.8) is 0 Å². The van der Waals surface area contributed by atoms with Crippen LogP contribution in [0.4, 0.5) is 5.69 Å². The van der Waals surface area contributed by atoms with Crippen LogP contribution in [-0.4, -0.2) is 50.5 Å². The van der Waals surface area contributed by atoms with Gasteiger partial charge >= 0.3 is 0 Å². The number of benzene rings is 3. The molecule has 0 saturated heterocycles. The first kappa shape index (κ1) is 31.0. The Bertz CT molecular complexity index is 1420. The Morgan fingerprint density at radius 2 is 1.54 bits per heavy atom. The molecule has 0 aliphatic rings. The third-order valence-corrected chi connectivity index (χ3v) is 8.26. The summed E-state index contributed by atoms with van der Waals surface area (Å²) in [5.41, 5.74) is 1.26. The van der Waals surface area contributed by atoms with Crippen LogP contribution in [0, 0.1) is 0 Å². The van der Waals surface area contributed by atoms with Crippen molar-refractivity contribution in [3.8, 4) is 0 Å². The van der Waals surface area contributed by atoms with E-state index in [1.165, 1.54) is 23.1 Å². The minimum Gasteiger partial charge on any atom is -0.355 e. The van der Waals surface area contributed by atoms with Crippen LogP contribution in [0.15, 0.2) is 66.7 Å². The molecule has 0 radical (unpaired) electrons. The first-order valence-corrected chi connectivity index (χ1v) is 15.2. The lowest BCUT2D eigenvalue weighted by Gasteiger charge is -2.34. The number of hydrogen-bond donors (Lipinski definition) is 1. The highest BCUT2D eigenvalue weighted by atomic mass is 35.5. The summed E-state index contributed by atoms with van der Waals surface area (Å²) in [4.78, 5) is 28.7. The van der Waals surface area contributed by atoms with E-state index in [1.54, 1.807) is 25.1 Å². The zero-order valence-corrected chi connectivity index (χ0v) is 25.0. The molecule has 3 aromatic carbocycles. The number of hydrogen-bond acceptors (Lipinski definition) is 4. The molecule has 0 aliphatic heterocycles. The summed E-state index contributed by atoms with van der Waals surface area (Å²) in [6, 6.07) is 17.4. The van der Waals surface area contributed by atoms with Crippen LogP contribution in [0.3, 0.4) is 0 Å². The largest absolute Gasteiger partial charge is 0.355 e. The van der Waals surface area contributed by atoms with Gasteiger partial charge in [0.15, 0.2) is 0 Å². The van der Waals surface area contributed by atoms with Crippen LogP contribution in [0.2, 0.25) is 20.1 Å². The van der Waals surface area contributed by atoms with Gasteiger partial charge in [-0.05, 0) is 42.8 Å². The first-order valence-electron chi connectivity index (χ1n) is 11.9. The molecule has 0 spiro atoms. The van der Waals surface area contributed by atoms with Crippen molar-refractivity contribution in [2.24, 2.45) is 0 Å². The fourth-order valence-corrected chi connectivity index (χ4v) is 5.78. The quantitative estimate of drug-likeness (QED) is 0.288. The van der Waals surface area contributed by atoms with E-state index in [1.807, 2.05) is 30.3 Å². The van der Waals surface area contributed by atoms with E-state index < -0.39 is 34.4 Å². The lowest BCUT2D eigenvalue weighted by Crippen LogP contribution is -2.53. The maximum Gasteiger partial charge on any atom is 0.244 e. The highest BCUT2D eigenvalue weighted by molar-refractivity contribution is 7.92. The summed E-state index contributed by atoms with van der Waals surface area (Å²) in [5.74, 6) is -1.08. The first-order chi connectivity index (χ1) is 18.4. The zero-order chi connectivity index (χ0) is 28.7. The van der Waals surface area contributed by atoms with E-state index in [0.29, 0.717) is 22.2 Å². The van der Waals surface area contributed by atoms with Crippen molar-refractivity contribution in [1.82, 2.24) is 10.2 Å². The normalized spacial score (nSPS) is 12.1. The molecule has 3 rings (SSSR count). The Labute approximate surface area is 248 Å². The number of carbonyl (C=O) groups excluding carboxylic acids is 2. The minimum atomic E-state index is -4.00. The SMILES string of the molecule is CCNC(=O)[C@@H](Cc1ccccc1)N(Cc1c(Cl)cccc1Cl)C(=O)CN(c1cc(Cl)ccc1Cl)S(C)(=O)=O. The minimum absolute atomic E-state index is 0.0355. The van der Waals surface area contributed by atoms with Gasteiger partial charge in [-0.3, -0.25) is 13.9 Å². The van der Waals surface area contributed by atoms with E-state index >= 15 is 0 Å². The van der Waals surface area contributed by atoms with Crippen molar-refractivity contribution in [2.45, 2.75) is 25.9 Å². The maximum atomic E-state index is 14.0. The Morgan fingerprint density at radius 3 is 2.13 bits per heavy atom. The molecule has 0 aromatic heterocycles. The van der Waals surface area contributed by atoms with Gasteiger partial charge < -0.3 is 10.2 Å². The van der Waals surface area contributed by atoms with Crippen molar-refractivity contribution in [1.29, 1.82) is 0 Å². The Hall–Kier alpha value is -2.49. The molecular weight excluding hydrogens is 604 g/mol. The van der Waals surface area contributed by atoms with Gasteiger partial charge in [-0.2, -0.15) is 0 Å². The standard InChI is InChI=1S/C27H27Cl4N3O4S/c1-3-32-27(36)25(14-18-8-5-4-6-9-18)33(16-20-21(29)10-7-11-22(20)30)26(35)17-34(39(2,37)38)24-15-19(28)12-13-23(24)31/h4-13,15,25H,3,14,16-17H2,1-2H3,(H,32,36)/t25-/m1/s1. The predicted octanol–water partition coefficient (Wildman–Crippen LogP) is 5.84. The second-order valence-electron chi connectivity index (χ2n) is 8.69. The molecule has 12 heteroatoms. The van der Waals surface area contributed by atoms with E-state index in [9.17, 15) is 18.0 Å². The molecule has 0 bridgehead atoms. The number of likely N-dealkylation sites (N-methyl/N-ethyl adjacent to an activating group) is 1. The summed E-state index contributed by atoms with van der Waals surface area (Å²) in [7, 11) is -4.00. The average Bonchev–Trinajstić information content (AvgIpc) is 2.87. The van der Waals surface area contributed by atoms with Gasteiger partial charge in [0.25, 0.3) is 0 Å². The second-order valence-corrected chi connectivity index (χ2v) is 12.3. The van der Waals surface area contributed by atoms with Crippen LogP contribution < -0.4 is 9.62 Å². The third kappa shape index (κ3) is 8.25. The molecule has 0 heterocycles.